The molecule has 0 fully saturated rings. The molecule has 0 amide bonds. The van der Waals surface area contributed by atoms with Crippen LogP contribution in [0.3, 0.4) is 0 Å². The molecule has 0 aromatic carbocycles. The van der Waals surface area contributed by atoms with Gasteiger partial charge in [0.05, 0.1) is 0 Å². The minimum atomic E-state index is -0.0620. The number of allylic oxidation sites excluding steroid dienone is 1. The molecule has 1 nitrogen and oxygen atoms in total. The topological polar surface area (TPSA) is 19.9 Å². The summed E-state index contributed by atoms with van der Waals surface area (Å²) in [6.07, 6.45) is 5.37. The molecule has 0 aliphatic carbocycles. The highest BCUT2D eigenvalue weighted by Crippen LogP contribution is 2.10. The van der Waals surface area contributed by atoms with E-state index in [1.165, 1.54) is 18.4 Å². The summed E-state index contributed by atoms with van der Waals surface area (Å²) in [5.41, 5.74) is 1.25. The molecule has 0 N–H and O–H groups in total. The van der Waals surface area contributed by atoms with E-state index in [9.17, 15) is 5.11 Å². The maximum atomic E-state index is 10.2. The third-order valence-electron chi connectivity index (χ3n) is 1.78. The van der Waals surface area contributed by atoms with Crippen molar-refractivity contribution in [1.82, 2.24) is 0 Å². The van der Waals surface area contributed by atoms with E-state index in [2.05, 4.69) is 13.8 Å². The van der Waals surface area contributed by atoms with Crippen LogP contribution in [0.15, 0.2) is 11.6 Å². The Kier molecular flexibility index (Phi) is 6.24. The summed E-state index contributed by atoms with van der Waals surface area (Å²) in [4.78, 5) is 0. The van der Waals surface area contributed by atoms with Crippen LogP contribution in [0.25, 0.3) is 0 Å². The van der Waals surface area contributed by atoms with E-state index in [1.807, 2.05) is 6.92 Å². The molecular weight excluding hydrogens is 136 g/mol. The molecule has 0 spiro atoms. The predicted octanol–water partition coefficient (Wildman–Crippen LogP) is 3.19. The van der Waals surface area contributed by atoms with E-state index in [-0.39, 0.29) is 6.61 Å². The molecule has 0 rings (SSSR count). The molecule has 65 valence electrons. The largest absolute Gasteiger partial charge is 0.232 e. The Bertz CT molecular complexity index is 114. The average molecular weight is 155 g/mol. The third kappa shape index (κ3) is 7.60. The number of rotatable bonds is 5. The minimum Gasteiger partial charge on any atom is -0.232 e. The van der Waals surface area contributed by atoms with Crippen molar-refractivity contribution in [1.29, 1.82) is 0 Å². The Morgan fingerprint density at radius 3 is 2.55 bits per heavy atom. The Morgan fingerprint density at radius 1 is 1.45 bits per heavy atom. The normalized spacial score (nSPS) is 12.6. The maximum absolute atomic E-state index is 10.2. The van der Waals surface area contributed by atoms with Crippen molar-refractivity contribution in [2.24, 2.45) is 5.92 Å². The van der Waals surface area contributed by atoms with E-state index in [1.54, 1.807) is 6.08 Å². The molecule has 0 saturated heterocycles. The molecular formula is C10H19O. The van der Waals surface area contributed by atoms with E-state index in [0.29, 0.717) is 0 Å². The van der Waals surface area contributed by atoms with Gasteiger partial charge in [0.15, 0.2) is 0 Å². The summed E-state index contributed by atoms with van der Waals surface area (Å²) in [5, 5.41) is 10.2. The molecule has 0 aliphatic heterocycles. The molecule has 1 radical (unpaired) electrons. The Labute approximate surface area is 70.1 Å². The van der Waals surface area contributed by atoms with Gasteiger partial charge in [-0.15, -0.1) is 0 Å². The smallest absolute Gasteiger partial charge is 0.101 e. The van der Waals surface area contributed by atoms with Crippen LogP contribution in [-0.2, 0) is 5.11 Å². The molecule has 0 atom stereocenters. The standard InChI is InChI=1S/C10H19O/c1-9(2)5-4-6-10(3)7-8-11/h7,9H,4-6,8H2,1-3H3. The Balaban J connectivity index is 3.31. The highest BCUT2D eigenvalue weighted by atomic mass is 16.2. The van der Waals surface area contributed by atoms with Crippen LogP contribution in [-0.4, -0.2) is 6.61 Å². The van der Waals surface area contributed by atoms with Crippen molar-refractivity contribution in [3.63, 3.8) is 0 Å². The van der Waals surface area contributed by atoms with Crippen molar-refractivity contribution in [2.45, 2.75) is 40.0 Å². The van der Waals surface area contributed by atoms with Gasteiger partial charge in [0.1, 0.15) is 6.61 Å². The van der Waals surface area contributed by atoms with Gasteiger partial charge >= 0.3 is 0 Å². The Morgan fingerprint density at radius 2 is 2.09 bits per heavy atom. The lowest BCUT2D eigenvalue weighted by molar-refractivity contribution is 0.231. The van der Waals surface area contributed by atoms with Crippen LogP contribution in [0.1, 0.15) is 40.0 Å². The van der Waals surface area contributed by atoms with Gasteiger partial charge in [-0.3, -0.25) is 0 Å². The fourth-order valence-electron chi connectivity index (χ4n) is 1.03. The van der Waals surface area contributed by atoms with Crippen molar-refractivity contribution in [3.8, 4) is 0 Å². The van der Waals surface area contributed by atoms with Gasteiger partial charge in [-0.1, -0.05) is 31.9 Å². The van der Waals surface area contributed by atoms with Gasteiger partial charge in [0, 0.05) is 0 Å². The average Bonchev–Trinajstić information content (AvgIpc) is 1.87. The van der Waals surface area contributed by atoms with Gasteiger partial charge in [0.25, 0.3) is 0 Å². The Hall–Kier alpha value is -0.300. The van der Waals surface area contributed by atoms with Gasteiger partial charge in [0.2, 0.25) is 0 Å². The molecule has 0 aromatic heterocycles. The predicted molar refractivity (Wildman–Crippen MR) is 48.0 cm³/mol. The van der Waals surface area contributed by atoms with Crippen molar-refractivity contribution < 1.29 is 5.11 Å². The monoisotopic (exact) mass is 155 g/mol. The summed E-state index contributed by atoms with van der Waals surface area (Å²) >= 11 is 0. The lowest BCUT2D eigenvalue weighted by atomic mass is 10.0. The van der Waals surface area contributed by atoms with Gasteiger partial charge < -0.3 is 0 Å². The van der Waals surface area contributed by atoms with Crippen LogP contribution >= 0.6 is 0 Å². The van der Waals surface area contributed by atoms with Gasteiger partial charge in [-0.25, -0.2) is 5.11 Å². The van der Waals surface area contributed by atoms with Crippen LogP contribution < -0.4 is 0 Å². The zero-order valence-corrected chi connectivity index (χ0v) is 7.89. The minimum absolute atomic E-state index is 0.0620. The third-order valence-corrected chi connectivity index (χ3v) is 1.78. The molecule has 0 aromatic rings. The summed E-state index contributed by atoms with van der Waals surface area (Å²) in [5.74, 6) is 0.787. The van der Waals surface area contributed by atoms with Crippen LogP contribution in [0.5, 0.6) is 0 Å². The quantitative estimate of drug-likeness (QED) is 0.543. The van der Waals surface area contributed by atoms with Crippen LogP contribution in [0, 0.1) is 5.92 Å². The number of hydrogen-bond donors (Lipinski definition) is 0. The highest BCUT2D eigenvalue weighted by Gasteiger charge is 1.94. The first kappa shape index (κ1) is 10.7. The summed E-state index contributed by atoms with van der Waals surface area (Å²) in [7, 11) is 0. The molecule has 0 unspecified atom stereocenters. The molecule has 1 heteroatoms. The van der Waals surface area contributed by atoms with E-state index >= 15 is 0 Å². The van der Waals surface area contributed by atoms with E-state index < -0.39 is 0 Å². The van der Waals surface area contributed by atoms with Crippen LogP contribution in [0.2, 0.25) is 0 Å². The first-order valence-electron chi connectivity index (χ1n) is 4.40. The first-order valence-corrected chi connectivity index (χ1v) is 4.40. The second-order valence-electron chi connectivity index (χ2n) is 3.50. The number of hydrogen-bond acceptors (Lipinski definition) is 0. The van der Waals surface area contributed by atoms with Crippen molar-refractivity contribution in [2.75, 3.05) is 6.61 Å². The second kappa shape index (κ2) is 6.41. The SMILES string of the molecule is CC(=CC[O])CCCC(C)C. The van der Waals surface area contributed by atoms with Crippen molar-refractivity contribution >= 4 is 0 Å². The van der Waals surface area contributed by atoms with Crippen LogP contribution in [0.4, 0.5) is 0 Å². The zero-order valence-electron chi connectivity index (χ0n) is 7.89. The van der Waals surface area contributed by atoms with E-state index in [4.69, 9.17) is 0 Å². The van der Waals surface area contributed by atoms with E-state index in [0.717, 1.165) is 12.3 Å². The molecule has 0 heterocycles. The molecule has 0 aliphatic rings. The lowest BCUT2D eigenvalue weighted by Gasteiger charge is -2.03. The molecule has 11 heavy (non-hydrogen) atoms. The fraction of sp³-hybridized carbons (Fsp3) is 0.800. The second-order valence-corrected chi connectivity index (χ2v) is 3.50. The molecule has 0 saturated carbocycles. The van der Waals surface area contributed by atoms with Crippen molar-refractivity contribution in [3.05, 3.63) is 11.6 Å². The fourth-order valence-corrected chi connectivity index (χ4v) is 1.03. The summed E-state index contributed by atoms with van der Waals surface area (Å²) in [6.45, 7) is 6.44. The first-order chi connectivity index (χ1) is 5.16. The summed E-state index contributed by atoms with van der Waals surface area (Å²) in [6, 6.07) is 0. The molecule has 0 bridgehead atoms. The zero-order chi connectivity index (χ0) is 8.69. The maximum Gasteiger partial charge on any atom is 0.101 e. The summed E-state index contributed by atoms with van der Waals surface area (Å²) < 4.78 is 0. The lowest BCUT2D eigenvalue weighted by Crippen LogP contribution is -1.88. The van der Waals surface area contributed by atoms with Gasteiger partial charge in [-0.05, 0) is 25.7 Å². The van der Waals surface area contributed by atoms with Gasteiger partial charge in [-0.2, -0.15) is 0 Å². The highest BCUT2D eigenvalue weighted by molar-refractivity contribution is 4.97.